The molecule has 0 spiro atoms. The number of amides is 1. The van der Waals surface area contributed by atoms with Crippen molar-refractivity contribution < 1.29 is 14.7 Å². The second-order valence-corrected chi connectivity index (χ2v) is 7.85. The van der Waals surface area contributed by atoms with Gasteiger partial charge in [-0.1, -0.05) is 25.7 Å². The molecule has 1 amide bonds. The van der Waals surface area contributed by atoms with Crippen LogP contribution in [0.2, 0.25) is 0 Å². The van der Waals surface area contributed by atoms with Crippen molar-refractivity contribution in [2.24, 2.45) is 13.0 Å². The van der Waals surface area contributed by atoms with Gasteiger partial charge in [-0.05, 0) is 19.8 Å². The predicted molar refractivity (Wildman–Crippen MR) is 99.1 cm³/mol. The van der Waals surface area contributed by atoms with Crippen LogP contribution in [-0.4, -0.2) is 37.8 Å². The third-order valence-corrected chi connectivity index (χ3v) is 6.06. The molecule has 8 heteroatoms. The zero-order valence-electron chi connectivity index (χ0n) is 15.1. The van der Waals surface area contributed by atoms with E-state index in [0.29, 0.717) is 23.4 Å². The lowest BCUT2D eigenvalue weighted by atomic mass is 9.86. The van der Waals surface area contributed by atoms with E-state index in [1.54, 1.807) is 17.8 Å². The van der Waals surface area contributed by atoms with Gasteiger partial charge >= 0.3 is 5.97 Å². The Morgan fingerprint density at radius 3 is 2.65 bits per heavy atom. The quantitative estimate of drug-likeness (QED) is 0.855. The summed E-state index contributed by atoms with van der Waals surface area (Å²) in [6.07, 6.45) is 8.88. The van der Waals surface area contributed by atoms with Gasteiger partial charge in [-0.3, -0.25) is 14.3 Å². The van der Waals surface area contributed by atoms with Crippen LogP contribution in [0.4, 0.5) is 0 Å². The van der Waals surface area contributed by atoms with E-state index in [1.165, 1.54) is 11.3 Å². The largest absolute Gasteiger partial charge is 0.481 e. The van der Waals surface area contributed by atoms with Crippen molar-refractivity contribution >= 4 is 23.2 Å². The SMILES string of the molecule is Cc1nc(-c2cnn(C)c2)sc1C(=O)NC1CCCCCCC1C(=O)O. The maximum absolute atomic E-state index is 12.8. The lowest BCUT2D eigenvalue weighted by molar-refractivity contribution is -0.143. The maximum atomic E-state index is 12.8. The first kappa shape index (κ1) is 18.6. The summed E-state index contributed by atoms with van der Waals surface area (Å²) in [5.41, 5.74) is 1.53. The second kappa shape index (κ2) is 7.99. The molecule has 0 aliphatic heterocycles. The third-order valence-electron chi connectivity index (χ3n) is 4.85. The molecule has 0 bridgehead atoms. The second-order valence-electron chi connectivity index (χ2n) is 6.85. The molecule has 1 fully saturated rings. The van der Waals surface area contributed by atoms with Gasteiger partial charge in [0.2, 0.25) is 0 Å². The molecule has 7 nitrogen and oxygen atoms in total. The fraction of sp³-hybridized carbons (Fsp3) is 0.556. The number of hydrogen-bond donors (Lipinski definition) is 2. The molecular formula is C18H24N4O3S. The van der Waals surface area contributed by atoms with E-state index in [0.717, 1.165) is 36.3 Å². The standard InChI is InChI=1S/C18H24N4O3S/c1-11-15(26-17(20-11)12-9-19-22(2)10-12)16(23)21-14-8-6-4-3-5-7-13(14)18(24)25/h9-10,13-14H,3-8H2,1-2H3,(H,21,23)(H,24,25). The molecular weight excluding hydrogens is 352 g/mol. The van der Waals surface area contributed by atoms with Crippen LogP contribution in [0, 0.1) is 12.8 Å². The Balaban J connectivity index is 1.77. The van der Waals surface area contributed by atoms with Crippen molar-refractivity contribution in [2.75, 3.05) is 0 Å². The number of carbonyl (C=O) groups is 2. The van der Waals surface area contributed by atoms with Gasteiger partial charge in [-0.15, -0.1) is 11.3 Å². The summed E-state index contributed by atoms with van der Waals surface area (Å²) in [5, 5.41) is 17.4. The van der Waals surface area contributed by atoms with Gasteiger partial charge in [-0.2, -0.15) is 5.10 Å². The number of carboxylic acid groups (broad SMARTS) is 1. The van der Waals surface area contributed by atoms with E-state index in [4.69, 9.17) is 0 Å². The lowest BCUT2D eigenvalue weighted by Gasteiger charge is -2.27. The van der Waals surface area contributed by atoms with Gasteiger partial charge in [0.1, 0.15) is 9.88 Å². The molecule has 0 saturated heterocycles. The van der Waals surface area contributed by atoms with E-state index >= 15 is 0 Å². The Morgan fingerprint density at radius 2 is 2.00 bits per heavy atom. The van der Waals surface area contributed by atoms with E-state index in [9.17, 15) is 14.7 Å². The number of hydrogen-bond acceptors (Lipinski definition) is 5. The molecule has 0 radical (unpaired) electrons. The number of carboxylic acids is 1. The van der Waals surface area contributed by atoms with Crippen LogP contribution in [0.25, 0.3) is 10.6 Å². The summed E-state index contributed by atoms with van der Waals surface area (Å²) in [7, 11) is 1.83. The van der Waals surface area contributed by atoms with E-state index in [-0.39, 0.29) is 11.9 Å². The van der Waals surface area contributed by atoms with Gasteiger partial charge < -0.3 is 10.4 Å². The van der Waals surface area contributed by atoms with Crippen molar-refractivity contribution in [1.82, 2.24) is 20.1 Å². The topological polar surface area (TPSA) is 97.1 Å². The van der Waals surface area contributed by atoms with Crippen LogP contribution in [0.5, 0.6) is 0 Å². The van der Waals surface area contributed by atoms with Crippen molar-refractivity contribution in [3.05, 3.63) is 23.0 Å². The van der Waals surface area contributed by atoms with Gasteiger partial charge in [0.25, 0.3) is 5.91 Å². The molecule has 2 atom stereocenters. The minimum absolute atomic E-state index is 0.230. The van der Waals surface area contributed by atoms with Crippen LogP contribution >= 0.6 is 11.3 Å². The molecule has 0 aromatic carbocycles. The highest BCUT2D eigenvalue weighted by molar-refractivity contribution is 7.17. The third kappa shape index (κ3) is 4.12. The fourth-order valence-corrected chi connectivity index (χ4v) is 4.39. The first-order valence-electron chi connectivity index (χ1n) is 8.96. The Morgan fingerprint density at radius 1 is 1.27 bits per heavy atom. The average molecular weight is 376 g/mol. The Kier molecular flexibility index (Phi) is 5.70. The van der Waals surface area contributed by atoms with Gasteiger partial charge in [-0.25, -0.2) is 4.98 Å². The summed E-state index contributed by atoms with van der Waals surface area (Å²) >= 11 is 1.32. The van der Waals surface area contributed by atoms with Gasteiger partial charge in [0.15, 0.2) is 0 Å². The van der Waals surface area contributed by atoms with Crippen molar-refractivity contribution in [1.29, 1.82) is 0 Å². The van der Waals surface area contributed by atoms with Crippen LogP contribution in [0.1, 0.15) is 53.9 Å². The Bertz CT molecular complexity index is 798. The molecule has 2 N–H and O–H groups in total. The zero-order chi connectivity index (χ0) is 18.7. The molecule has 2 heterocycles. The molecule has 2 unspecified atom stereocenters. The van der Waals surface area contributed by atoms with E-state index in [1.807, 2.05) is 13.2 Å². The van der Waals surface area contributed by atoms with Crippen molar-refractivity contribution in [3.63, 3.8) is 0 Å². The number of thiazole rings is 1. The Labute approximate surface area is 156 Å². The molecule has 1 aliphatic carbocycles. The molecule has 2 aromatic heterocycles. The van der Waals surface area contributed by atoms with E-state index in [2.05, 4.69) is 15.4 Å². The summed E-state index contributed by atoms with van der Waals surface area (Å²) < 4.78 is 1.69. The summed E-state index contributed by atoms with van der Waals surface area (Å²) in [4.78, 5) is 29.5. The van der Waals surface area contributed by atoms with Crippen LogP contribution in [-0.2, 0) is 11.8 Å². The number of nitrogens with one attached hydrogen (secondary N) is 1. The van der Waals surface area contributed by atoms with Crippen molar-refractivity contribution in [3.8, 4) is 10.6 Å². The van der Waals surface area contributed by atoms with E-state index < -0.39 is 11.9 Å². The first-order valence-corrected chi connectivity index (χ1v) is 9.77. The zero-order valence-corrected chi connectivity index (χ0v) is 15.9. The normalized spacial score (nSPS) is 21.0. The fourth-order valence-electron chi connectivity index (χ4n) is 3.45. The number of nitrogens with zero attached hydrogens (tertiary/aromatic N) is 3. The lowest BCUT2D eigenvalue weighted by Crippen LogP contribution is -2.43. The number of aryl methyl sites for hydroxylation is 2. The molecule has 2 aromatic rings. The highest BCUT2D eigenvalue weighted by Gasteiger charge is 2.31. The van der Waals surface area contributed by atoms with Crippen LogP contribution in [0.15, 0.2) is 12.4 Å². The average Bonchev–Trinajstić information content (AvgIpc) is 3.15. The summed E-state index contributed by atoms with van der Waals surface area (Å²) in [6.45, 7) is 1.80. The first-order chi connectivity index (χ1) is 12.5. The predicted octanol–water partition coefficient (Wildman–Crippen LogP) is 3.01. The minimum atomic E-state index is -0.825. The molecule has 140 valence electrons. The Hall–Kier alpha value is -2.22. The minimum Gasteiger partial charge on any atom is -0.481 e. The van der Waals surface area contributed by atoms with Gasteiger partial charge in [0.05, 0.1) is 17.8 Å². The number of aromatic nitrogens is 3. The number of aliphatic carboxylic acids is 1. The number of carbonyl (C=O) groups excluding carboxylic acids is 1. The van der Waals surface area contributed by atoms with Crippen LogP contribution < -0.4 is 5.32 Å². The van der Waals surface area contributed by atoms with Crippen LogP contribution in [0.3, 0.4) is 0 Å². The highest BCUT2D eigenvalue weighted by atomic mass is 32.1. The van der Waals surface area contributed by atoms with Crippen molar-refractivity contribution in [2.45, 2.75) is 51.5 Å². The monoisotopic (exact) mass is 376 g/mol. The van der Waals surface area contributed by atoms with Gasteiger partial charge in [0, 0.05) is 24.8 Å². The molecule has 1 aliphatic rings. The smallest absolute Gasteiger partial charge is 0.308 e. The summed E-state index contributed by atoms with van der Waals surface area (Å²) in [6, 6.07) is -0.330. The molecule has 3 rings (SSSR count). The number of rotatable bonds is 4. The molecule has 26 heavy (non-hydrogen) atoms. The summed E-state index contributed by atoms with van der Waals surface area (Å²) in [5.74, 6) is -1.58. The molecule has 1 saturated carbocycles. The highest BCUT2D eigenvalue weighted by Crippen LogP contribution is 2.29. The maximum Gasteiger partial charge on any atom is 0.308 e.